The number of imide groups is 1. The summed E-state index contributed by atoms with van der Waals surface area (Å²) < 4.78 is 6.50. The molecule has 158 valence electrons. The van der Waals surface area contributed by atoms with Gasteiger partial charge in [0.25, 0.3) is 11.8 Å². The van der Waals surface area contributed by atoms with Crippen molar-refractivity contribution in [1.82, 2.24) is 20.0 Å². The summed E-state index contributed by atoms with van der Waals surface area (Å²) in [4.78, 5) is 37.3. The summed E-state index contributed by atoms with van der Waals surface area (Å²) in [6.45, 7) is 3.29. The first kappa shape index (κ1) is 21.4. The van der Waals surface area contributed by atoms with Crippen molar-refractivity contribution in [2.45, 2.75) is 26.3 Å². The van der Waals surface area contributed by atoms with Crippen LogP contribution in [0.15, 0.2) is 36.7 Å². The predicted molar refractivity (Wildman–Crippen MR) is 114 cm³/mol. The van der Waals surface area contributed by atoms with Crippen LogP contribution in [0.3, 0.4) is 0 Å². The van der Waals surface area contributed by atoms with Gasteiger partial charge in [0.15, 0.2) is 5.11 Å². The lowest BCUT2D eigenvalue weighted by Crippen LogP contribution is -2.33. The number of hydrogen-bond donors (Lipinski definition) is 2. The number of rotatable bonds is 9. The molecule has 2 N–H and O–H groups in total. The maximum absolute atomic E-state index is 12.4. The minimum Gasteiger partial charge on any atom is -0.466 e. The standard InChI is InChI=1S/C20H23N5O4S/c1-2-29-17(26)8-5-9-21-20(30)23-14-12-22-24(13-14)10-11-25-18(27)15-6-3-4-7-16(15)19(25)28/h3-4,6-7,12-13H,2,5,8-11H2,1H3,(H2,21,23,30). The largest absolute Gasteiger partial charge is 0.466 e. The van der Waals surface area contributed by atoms with Gasteiger partial charge in [-0.25, -0.2) is 0 Å². The highest BCUT2D eigenvalue weighted by atomic mass is 32.1. The van der Waals surface area contributed by atoms with Crippen LogP contribution in [-0.2, 0) is 16.1 Å². The molecule has 1 aliphatic rings. The highest BCUT2D eigenvalue weighted by molar-refractivity contribution is 7.80. The monoisotopic (exact) mass is 429 g/mol. The first-order valence-corrected chi connectivity index (χ1v) is 10.1. The second-order valence-electron chi connectivity index (χ2n) is 6.59. The van der Waals surface area contributed by atoms with Gasteiger partial charge >= 0.3 is 5.97 Å². The van der Waals surface area contributed by atoms with E-state index in [0.717, 1.165) is 0 Å². The Labute approximate surface area is 179 Å². The van der Waals surface area contributed by atoms with Gasteiger partial charge < -0.3 is 15.4 Å². The molecule has 1 aliphatic heterocycles. The van der Waals surface area contributed by atoms with E-state index >= 15 is 0 Å². The van der Waals surface area contributed by atoms with Crippen molar-refractivity contribution in [3.63, 3.8) is 0 Å². The number of fused-ring (bicyclic) bond motifs is 1. The molecular formula is C20H23N5O4S. The number of carbonyl (C=O) groups excluding carboxylic acids is 3. The maximum atomic E-state index is 12.4. The zero-order valence-electron chi connectivity index (χ0n) is 16.6. The number of benzene rings is 1. The number of amides is 2. The van der Waals surface area contributed by atoms with Crippen molar-refractivity contribution in [3.05, 3.63) is 47.8 Å². The van der Waals surface area contributed by atoms with Crippen LogP contribution < -0.4 is 10.6 Å². The van der Waals surface area contributed by atoms with Crippen molar-refractivity contribution < 1.29 is 19.1 Å². The van der Waals surface area contributed by atoms with Crippen LogP contribution in [0.25, 0.3) is 0 Å². The molecule has 10 heteroatoms. The minimum absolute atomic E-state index is 0.225. The van der Waals surface area contributed by atoms with E-state index in [2.05, 4.69) is 15.7 Å². The first-order chi connectivity index (χ1) is 14.5. The normalized spacial score (nSPS) is 12.6. The van der Waals surface area contributed by atoms with Crippen molar-refractivity contribution in [3.8, 4) is 0 Å². The number of ether oxygens (including phenoxy) is 1. The number of thiocarbonyl (C=S) groups is 1. The van der Waals surface area contributed by atoms with E-state index in [0.29, 0.717) is 54.5 Å². The van der Waals surface area contributed by atoms with E-state index in [-0.39, 0.29) is 24.3 Å². The molecule has 1 aromatic carbocycles. The van der Waals surface area contributed by atoms with Crippen molar-refractivity contribution in [2.75, 3.05) is 25.0 Å². The number of hydrogen-bond acceptors (Lipinski definition) is 6. The Balaban J connectivity index is 1.42. The molecular weight excluding hydrogens is 406 g/mol. The lowest BCUT2D eigenvalue weighted by Gasteiger charge is -2.13. The third-order valence-corrected chi connectivity index (χ3v) is 4.72. The summed E-state index contributed by atoms with van der Waals surface area (Å²) in [5.41, 5.74) is 1.55. The van der Waals surface area contributed by atoms with E-state index in [1.165, 1.54) is 4.90 Å². The molecule has 0 spiro atoms. The third-order valence-electron chi connectivity index (χ3n) is 4.47. The second-order valence-corrected chi connectivity index (χ2v) is 7.00. The number of esters is 1. The van der Waals surface area contributed by atoms with Gasteiger partial charge in [0.1, 0.15) is 0 Å². The van der Waals surface area contributed by atoms with Crippen LogP contribution in [0, 0.1) is 0 Å². The molecule has 0 bridgehead atoms. The summed E-state index contributed by atoms with van der Waals surface area (Å²) in [7, 11) is 0. The Hall–Kier alpha value is -3.27. The Morgan fingerprint density at radius 1 is 1.17 bits per heavy atom. The van der Waals surface area contributed by atoms with Crippen LogP contribution in [0.1, 0.15) is 40.5 Å². The third kappa shape index (κ3) is 5.20. The Morgan fingerprint density at radius 2 is 1.87 bits per heavy atom. The predicted octanol–water partition coefficient (Wildman–Crippen LogP) is 1.81. The van der Waals surface area contributed by atoms with Crippen molar-refractivity contribution in [1.29, 1.82) is 0 Å². The molecule has 30 heavy (non-hydrogen) atoms. The fourth-order valence-corrected chi connectivity index (χ4v) is 3.26. The SMILES string of the molecule is CCOC(=O)CCCNC(=S)Nc1cnn(CCN2C(=O)c3ccccc3C2=O)c1. The summed E-state index contributed by atoms with van der Waals surface area (Å²) in [5, 5.41) is 10.7. The molecule has 0 unspecified atom stereocenters. The molecule has 2 amide bonds. The molecule has 0 aliphatic carbocycles. The summed E-state index contributed by atoms with van der Waals surface area (Å²) >= 11 is 5.23. The zero-order chi connectivity index (χ0) is 21.5. The van der Waals surface area contributed by atoms with Crippen LogP contribution in [-0.4, -0.2) is 57.3 Å². The van der Waals surface area contributed by atoms with Gasteiger partial charge in [0, 0.05) is 25.7 Å². The maximum Gasteiger partial charge on any atom is 0.305 e. The quantitative estimate of drug-likeness (QED) is 0.269. The van der Waals surface area contributed by atoms with E-state index in [4.69, 9.17) is 17.0 Å². The van der Waals surface area contributed by atoms with Crippen LogP contribution in [0.4, 0.5) is 5.69 Å². The molecule has 1 aromatic heterocycles. The van der Waals surface area contributed by atoms with E-state index in [9.17, 15) is 14.4 Å². The highest BCUT2D eigenvalue weighted by Gasteiger charge is 2.34. The van der Waals surface area contributed by atoms with E-state index in [1.807, 2.05) is 0 Å². The lowest BCUT2D eigenvalue weighted by molar-refractivity contribution is -0.143. The summed E-state index contributed by atoms with van der Waals surface area (Å²) in [5.74, 6) is -0.791. The Kier molecular flexibility index (Phi) is 7.12. The van der Waals surface area contributed by atoms with Crippen molar-refractivity contribution in [2.24, 2.45) is 0 Å². The van der Waals surface area contributed by atoms with Gasteiger partial charge in [-0.3, -0.25) is 24.0 Å². The van der Waals surface area contributed by atoms with Gasteiger partial charge in [-0.15, -0.1) is 0 Å². The molecule has 2 heterocycles. The smallest absolute Gasteiger partial charge is 0.305 e. The average molecular weight is 430 g/mol. The second kappa shape index (κ2) is 9.97. The summed E-state index contributed by atoms with van der Waals surface area (Å²) in [6.07, 6.45) is 4.29. The number of anilines is 1. The van der Waals surface area contributed by atoms with Gasteiger partial charge in [0.05, 0.1) is 36.2 Å². The number of nitrogens with one attached hydrogen (secondary N) is 2. The van der Waals surface area contributed by atoms with E-state index in [1.54, 1.807) is 48.3 Å². The minimum atomic E-state index is -0.283. The molecule has 3 rings (SSSR count). The molecule has 0 radical (unpaired) electrons. The Bertz CT molecular complexity index is 923. The van der Waals surface area contributed by atoms with Gasteiger partial charge in [-0.2, -0.15) is 5.10 Å². The zero-order valence-corrected chi connectivity index (χ0v) is 17.4. The van der Waals surface area contributed by atoms with Gasteiger partial charge in [-0.1, -0.05) is 12.1 Å². The fraction of sp³-hybridized carbons (Fsp3) is 0.350. The van der Waals surface area contributed by atoms with Crippen LogP contribution >= 0.6 is 12.2 Å². The molecule has 2 aromatic rings. The van der Waals surface area contributed by atoms with Crippen LogP contribution in [0.2, 0.25) is 0 Å². The Morgan fingerprint density at radius 3 is 2.53 bits per heavy atom. The summed E-state index contributed by atoms with van der Waals surface area (Å²) in [6, 6.07) is 6.80. The number of carbonyl (C=O) groups is 3. The van der Waals surface area contributed by atoms with Gasteiger partial charge in [0.2, 0.25) is 0 Å². The molecule has 0 saturated carbocycles. The van der Waals surface area contributed by atoms with E-state index < -0.39 is 0 Å². The molecule has 0 atom stereocenters. The number of aromatic nitrogens is 2. The molecule has 9 nitrogen and oxygen atoms in total. The average Bonchev–Trinajstić information content (AvgIpc) is 3.27. The topological polar surface area (TPSA) is 106 Å². The first-order valence-electron chi connectivity index (χ1n) is 9.67. The van der Waals surface area contributed by atoms with Crippen molar-refractivity contribution >= 4 is 40.8 Å². The highest BCUT2D eigenvalue weighted by Crippen LogP contribution is 2.22. The van der Waals surface area contributed by atoms with Gasteiger partial charge in [-0.05, 0) is 37.7 Å². The lowest BCUT2D eigenvalue weighted by atomic mass is 10.1. The fourth-order valence-electron chi connectivity index (χ4n) is 3.04. The number of nitrogens with zero attached hydrogens (tertiary/aromatic N) is 3. The molecule has 0 saturated heterocycles. The van der Waals surface area contributed by atoms with Crippen LogP contribution in [0.5, 0.6) is 0 Å². The molecule has 0 fully saturated rings.